The number of nitrogens with zero attached hydrogens (tertiary/aromatic N) is 2. The van der Waals surface area contributed by atoms with Gasteiger partial charge in [-0.15, -0.1) is 11.3 Å². The van der Waals surface area contributed by atoms with Crippen LogP contribution in [0.5, 0.6) is 0 Å². The van der Waals surface area contributed by atoms with Crippen LogP contribution in [0.3, 0.4) is 0 Å². The molecule has 0 radical (unpaired) electrons. The SMILES string of the molecule is O=C(O)CO[C@@H]1CCN(C(=O)c2cnc(CCC(F)(F)F)s2)C1. The van der Waals surface area contributed by atoms with Gasteiger partial charge in [0.1, 0.15) is 11.5 Å². The fourth-order valence-corrected chi connectivity index (χ4v) is 3.05. The molecule has 0 aromatic carbocycles. The van der Waals surface area contributed by atoms with Crippen LogP contribution >= 0.6 is 11.3 Å². The maximum atomic E-state index is 12.2. The van der Waals surface area contributed by atoms with Gasteiger partial charge in [0.05, 0.1) is 17.3 Å². The third kappa shape index (κ3) is 5.47. The molecular weight excluding hydrogens is 337 g/mol. The average molecular weight is 352 g/mol. The molecule has 1 aromatic heterocycles. The summed E-state index contributed by atoms with van der Waals surface area (Å²) in [5, 5.41) is 8.81. The fraction of sp³-hybridized carbons (Fsp3) is 0.615. The molecular formula is C13H15F3N2O4S. The highest BCUT2D eigenvalue weighted by molar-refractivity contribution is 7.13. The minimum absolute atomic E-state index is 0.244. The van der Waals surface area contributed by atoms with Crippen molar-refractivity contribution in [2.45, 2.75) is 31.5 Å². The van der Waals surface area contributed by atoms with Gasteiger partial charge in [-0.2, -0.15) is 13.2 Å². The first-order valence-electron chi connectivity index (χ1n) is 6.89. The van der Waals surface area contributed by atoms with E-state index >= 15 is 0 Å². The van der Waals surface area contributed by atoms with Crippen molar-refractivity contribution < 1.29 is 32.6 Å². The van der Waals surface area contributed by atoms with Crippen LogP contribution in [0.1, 0.15) is 27.5 Å². The van der Waals surface area contributed by atoms with Crippen LogP contribution in [0.2, 0.25) is 0 Å². The van der Waals surface area contributed by atoms with Crippen molar-refractivity contribution >= 4 is 23.2 Å². The number of carboxylic acid groups (broad SMARTS) is 1. The molecule has 1 fully saturated rings. The molecule has 1 atom stereocenters. The molecule has 1 N–H and O–H groups in total. The Morgan fingerprint density at radius 2 is 2.22 bits per heavy atom. The Labute approximate surface area is 133 Å². The van der Waals surface area contributed by atoms with Gasteiger partial charge in [0.2, 0.25) is 0 Å². The number of alkyl halides is 3. The van der Waals surface area contributed by atoms with Gasteiger partial charge >= 0.3 is 12.1 Å². The molecule has 128 valence electrons. The van der Waals surface area contributed by atoms with E-state index in [1.165, 1.54) is 11.1 Å². The van der Waals surface area contributed by atoms with Gasteiger partial charge in [-0.1, -0.05) is 0 Å². The van der Waals surface area contributed by atoms with Crippen LogP contribution in [0.4, 0.5) is 13.2 Å². The topological polar surface area (TPSA) is 79.7 Å². The summed E-state index contributed by atoms with van der Waals surface area (Å²) in [6.45, 7) is 0.260. The summed E-state index contributed by atoms with van der Waals surface area (Å²) in [6, 6.07) is 0. The van der Waals surface area contributed by atoms with E-state index in [0.717, 1.165) is 11.3 Å². The van der Waals surface area contributed by atoms with Crippen molar-refractivity contribution in [2.75, 3.05) is 19.7 Å². The highest BCUT2D eigenvalue weighted by Gasteiger charge is 2.30. The first kappa shape index (κ1) is 17.7. The van der Waals surface area contributed by atoms with E-state index in [1.54, 1.807) is 0 Å². The van der Waals surface area contributed by atoms with Gasteiger partial charge in [0, 0.05) is 25.9 Å². The number of aryl methyl sites for hydroxylation is 1. The van der Waals surface area contributed by atoms with E-state index in [4.69, 9.17) is 9.84 Å². The first-order valence-corrected chi connectivity index (χ1v) is 7.70. The van der Waals surface area contributed by atoms with Crippen molar-refractivity contribution in [1.82, 2.24) is 9.88 Å². The van der Waals surface area contributed by atoms with Gasteiger partial charge in [-0.05, 0) is 6.42 Å². The second-order valence-corrected chi connectivity index (χ2v) is 6.22. The molecule has 10 heteroatoms. The Kier molecular flexibility index (Phi) is 5.58. The zero-order chi connectivity index (χ0) is 17.0. The Balaban J connectivity index is 1.86. The molecule has 0 unspecified atom stereocenters. The minimum atomic E-state index is -4.25. The lowest BCUT2D eigenvalue weighted by atomic mass is 10.3. The van der Waals surface area contributed by atoms with Crippen molar-refractivity contribution in [3.8, 4) is 0 Å². The number of hydrogen-bond donors (Lipinski definition) is 1. The Bertz CT molecular complexity index is 576. The van der Waals surface area contributed by atoms with Crippen molar-refractivity contribution in [3.05, 3.63) is 16.1 Å². The average Bonchev–Trinajstić information content (AvgIpc) is 3.11. The molecule has 0 aliphatic carbocycles. The van der Waals surface area contributed by atoms with E-state index < -0.39 is 25.2 Å². The number of likely N-dealkylation sites (tertiary alicyclic amines) is 1. The Morgan fingerprint density at radius 3 is 2.87 bits per heavy atom. The van der Waals surface area contributed by atoms with Gasteiger partial charge in [0.15, 0.2) is 0 Å². The first-order chi connectivity index (χ1) is 10.7. The Morgan fingerprint density at radius 1 is 1.48 bits per heavy atom. The Hall–Kier alpha value is -1.68. The van der Waals surface area contributed by atoms with Gasteiger partial charge < -0.3 is 14.7 Å². The molecule has 0 bridgehead atoms. The highest BCUT2D eigenvalue weighted by Crippen LogP contribution is 2.25. The summed E-state index contributed by atoms with van der Waals surface area (Å²) in [7, 11) is 0. The zero-order valence-electron chi connectivity index (χ0n) is 12.0. The predicted molar refractivity (Wildman–Crippen MR) is 74.4 cm³/mol. The fourth-order valence-electron chi connectivity index (χ4n) is 2.17. The number of thiazole rings is 1. The number of amides is 1. The number of hydrogen-bond acceptors (Lipinski definition) is 5. The molecule has 1 amide bonds. The van der Waals surface area contributed by atoms with E-state index in [2.05, 4.69) is 4.98 Å². The molecule has 6 nitrogen and oxygen atoms in total. The normalized spacial score (nSPS) is 18.4. The highest BCUT2D eigenvalue weighted by atomic mass is 32.1. The molecule has 1 aromatic rings. The largest absolute Gasteiger partial charge is 0.480 e. The minimum Gasteiger partial charge on any atom is -0.480 e. The van der Waals surface area contributed by atoms with Crippen LogP contribution in [-0.2, 0) is 16.0 Å². The molecule has 0 saturated carbocycles. The van der Waals surface area contributed by atoms with E-state index in [-0.39, 0.29) is 34.9 Å². The summed E-state index contributed by atoms with van der Waals surface area (Å²) in [5.41, 5.74) is 0. The number of aromatic nitrogens is 1. The maximum absolute atomic E-state index is 12.2. The third-order valence-electron chi connectivity index (χ3n) is 3.26. The quantitative estimate of drug-likeness (QED) is 0.847. The lowest BCUT2D eigenvalue weighted by Crippen LogP contribution is -2.30. The van der Waals surface area contributed by atoms with E-state index in [9.17, 15) is 22.8 Å². The van der Waals surface area contributed by atoms with E-state index in [1.807, 2.05) is 0 Å². The van der Waals surface area contributed by atoms with Crippen LogP contribution in [-0.4, -0.2) is 58.8 Å². The van der Waals surface area contributed by atoms with Crippen LogP contribution < -0.4 is 0 Å². The smallest absolute Gasteiger partial charge is 0.389 e. The lowest BCUT2D eigenvalue weighted by molar-refractivity contribution is -0.144. The van der Waals surface area contributed by atoms with Crippen LogP contribution in [0.15, 0.2) is 6.20 Å². The number of rotatable bonds is 6. The van der Waals surface area contributed by atoms with Crippen LogP contribution in [0.25, 0.3) is 0 Å². The predicted octanol–water partition coefficient (Wildman–Crippen LogP) is 1.95. The number of carbonyl (C=O) groups is 2. The molecule has 0 spiro atoms. The molecule has 1 saturated heterocycles. The summed E-state index contributed by atoms with van der Waals surface area (Å²) in [4.78, 5) is 28.3. The number of carboxylic acids is 1. The molecule has 2 heterocycles. The molecule has 1 aliphatic heterocycles. The van der Waals surface area contributed by atoms with E-state index in [0.29, 0.717) is 13.0 Å². The number of halogens is 3. The lowest BCUT2D eigenvalue weighted by Gasteiger charge is -2.15. The summed E-state index contributed by atoms with van der Waals surface area (Å²) in [6.07, 6.45) is -4.00. The second kappa shape index (κ2) is 7.26. The van der Waals surface area contributed by atoms with Crippen LogP contribution in [0, 0.1) is 0 Å². The monoisotopic (exact) mass is 352 g/mol. The number of carbonyl (C=O) groups excluding carboxylic acids is 1. The number of aliphatic carboxylic acids is 1. The standard InChI is InChI=1S/C13H15F3N2O4S/c14-13(15,16)3-1-10-17-5-9(23-10)12(21)18-4-2-8(6-18)22-7-11(19)20/h5,8H,1-4,6-7H2,(H,19,20)/t8-/m1/s1. The molecule has 1 aliphatic rings. The number of ether oxygens (including phenoxy) is 1. The second-order valence-electron chi connectivity index (χ2n) is 5.10. The molecule has 23 heavy (non-hydrogen) atoms. The van der Waals surface area contributed by atoms with Crippen molar-refractivity contribution in [3.63, 3.8) is 0 Å². The van der Waals surface area contributed by atoms with Crippen molar-refractivity contribution in [1.29, 1.82) is 0 Å². The van der Waals surface area contributed by atoms with Gasteiger partial charge in [0.25, 0.3) is 5.91 Å². The van der Waals surface area contributed by atoms with Gasteiger partial charge in [-0.25, -0.2) is 9.78 Å². The van der Waals surface area contributed by atoms with Gasteiger partial charge in [-0.3, -0.25) is 4.79 Å². The molecule has 2 rings (SSSR count). The summed E-state index contributed by atoms with van der Waals surface area (Å²) < 4.78 is 41.6. The third-order valence-corrected chi connectivity index (χ3v) is 4.31. The van der Waals surface area contributed by atoms with Crippen molar-refractivity contribution in [2.24, 2.45) is 0 Å². The maximum Gasteiger partial charge on any atom is 0.389 e. The summed E-state index contributed by atoms with van der Waals surface area (Å²) in [5.74, 6) is -1.39. The zero-order valence-corrected chi connectivity index (χ0v) is 12.8. The summed E-state index contributed by atoms with van der Waals surface area (Å²) >= 11 is 0.951.